The maximum absolute atomic E-state index is 11.9. The van der Waals surface area contributed by atoms with Crippen LogP contribution in [0.2, 0.25) is 5.02 Å². The maximum Gasteiger partial charge on any atom is 0.326 e. The first-order valence-corrected chi connectivity index (χ1v) is 6.61. The summed E-state index contributed by atoms with van der Waals surface area (Å²) in [6, 6.07) is 3.85. The highest BCUT2D eigenvalue weighted by atomic mass is 79.9. The number of halogens is 2. The average molecular weight is 335 g/mol. The molecule has 0 radical (unpaired) electrons. The molecule has 0 aliphatic heterocycles. The van der Waals surface area contributed by atoms with E-state index < -0.39 is 17.9 Å². The van der Waals surface area contributed by atoms with Crippen molar-refractivity contribution >= 4 is 39.4 Å². The lowest BCUT2D eigenvalue weighted by Crippen LogP contribution is -2.40. The fourth-order valence-corrected chi connectivity index (χ4v) is 2.32. The molecule has 1 rings (SSSR count). The van der Waals surface area contributed by atoms with Crippen molar-refractivity contribution in [3.8, 4) is 0 Å². The molecule has 0 saturated heterocycles. The molecular weight excluding hydrogens is 321 g/mol. The van der Waals surface area contributed by atoms with E-state index in [1.807, 2.05) is 6.92 Å². The van der Waals surface area contributed by atoms with Gasteiger partial charge >= 0.3 is 5.97 Å². The highest BCUT2D eigenvalue weighted by Crippen LogP contribution is 2.21. The molecule has 1 atom stereocenters. The van der Waals surface area contributed by atoms with Crippen LogP contribution in [-0.2, 0) is 4.79 Å². The Labute approximate surface area is 118 Å². The second kappa shape index (κ2) is 6.75. The third kappa shape index (κ3) is 3.99. The summed E-state index contributed by atoms with van der Waals surface area (Å²) >= 11 is 8.99. The van der Waals surface area contributed by atoms with Gasteiger partial charge in [-0.05, 0) is 40.5 Å². The van der Waals surface area contributed by atoms with Gasteiger partial charge in [0.25, 0.3) is 5.91 Å². The van der Waals surface area contributed by atoms with Gasteiger partial charge in [0.15, 0.2) is 0 Å². The van der Waals surface area contributed by atoms with Crippen LogP contribution in [0.5, 0.6) is 0 Å². The standard InChI is InChI=1S/C12H13BrClNO3/c1-2-3-10(12(17)18)15-11(16)8-5-4-7(14)6-9(8)13/h4-6,10H,2-3H2,1H3,(H,15,16)(H,17,18)/t10-/m0/s1. The second-order valence-corrected chi connectivity index (χ2v) is 5.07. The van der Waals surface area contributed by atoms with Gasteiger partial charge in [-0.25, -0.2) is 4.79 Å². The molecule has 0 aliphatic rings. The van der Waals surface area contributed by atoms with Crippen molar-refractivity contribution in [1.82, 2.24) is 5.32 Å². The van der Waals surface area contributed by atoms with E-state index >= 15 is 0 Å². The van der Waals surface area contributed by atoms with Gasteiger partial charge in [-0.3, -0.25) is 4.79 Å². The molecule has 0 unspecified atom stereocenters. The van der Waals surface area contributed by atoms with Crippen LogP contribution in [0, 0.1) is 0 Å². The van der Waals surface area contributed by atoms with Gasteiger partial charge in [-0.2, -0.15) is 0 Å². The number of carbonyl (C=O) groups excluding carboxylic acids is 1. The molecule has 0 bridgehead atoms. The summed E-state index contributed by atoms with van der Waals surface area (Å²) in [5, 5.41) is 12.0. The number of aliphatic carboxylic acids is 1. The summed E-state index contributed by atoms with van der Waals surface area (Å²) < 4.78 is 0.535. The zero-order chi connectivity index (χ0) is 13.7. The number of benzene rings is 1. The van der Waals surface area contributed by atoms with E-state index in [2.05, 4.69) is 21.2 Å². The second-order valence-electron chi connectivity index (χ2n) is 3.78. The van der Waals surface area contributed by atoms with Crippen LogP contribution in [0.1, 0.15) is 30.1 Å². The topological polar surface area (TPSA) is 66.4 Å². The molecule has 0 aromatic heterocycles. The number of carbonyl (C=O) groups is 2. The summed E-state index contributed by atoms with van der Waals surface area (Å²) in [5.41, 5.74) is 0.363. The molecule has 2 N–H and O–H groups in total. The van der Waals surface area contributed by atoms with Crippen LogP contribution in [-0.4, -0.2) is 23.0 Å². The molecule has 0 saturated carbocycles. The normalized spacial score (nSPS) is 11.9. The molecular formula is C12H13BrClNO3. The third-order valence-corrected chi connectivity index (χ3v) is 3.25. The summed E-state index contributed by atoms with van der Waals surface area (Å²) in [4.78, 5) is 22.9. The predicted molar refractivity (Wildman–Crippen MR) is 73.0 cm³/mol. The fourth-order valence-electron chi connectivity index (χ4n) is 1.46. The predicted octanol–water partition coefficient (Wildman–Crippen LogP) is 3.09. The van der Waals surface area contributed by atoms with Crippen LogP contribution in [0.4, 0.5) is 0 Å². The highest BCUT2D eigenvalue weighted by molar-refractivity contribution is 9.10. The van der Waals surface area contributed by atoms with Crippen molar-refractivity contribution in [2.24, 2.45) is 0 Å². The Morgan fingerprint density at radius 1 is 1.50 bits per heavy atom. The van der Waals surface area contributed by atoms with Crippen molar-refractivity contribution in [1.29, 1.82) is 0 Å². The molecule has 98 valence electrons. The fraction of sp³-hybridized carbons (Fsp3) is 0.333. The van der Waals surface area contributed by atoms with Gasteiger partial charge in [0.2, 0.25) is 0 Å². The lowest BCUT2D eigenvalue weighted by atomic mass is 10.1. The number of carboxylic acids is 1. The number of hydrogen-bond donors (Lipinski definition) is 2. The van der Waals surface area contributed by atoms with Crippen LogP contribution < -0.4 is 5.32 Å². The number of nitrogens with one attached hydrogen (secondary N) is 1. The van der Waals surface area contributed by atoms with E-state index in [0.717, 1.165) is 0 Å². The van der Waals surface area contributed by atoms with E-state index in [-0.39, 0.29) is 0 Å². The van der Waals surface area contributed by atoms with Crippen molar-refractivity contribution in [2.75, 3.05) is 0 Å². The molecule has 0 fully saturated rings. The average Bonchev–Trinajstić information content (AvgIpc) is 2.27. The molecule has 0 spiro atoms. The third-order valence-electron chi connectivity index (χ3n) is 2.36. The maximum atomic E-state index is 11.9. The van der Waals surface area contributed by atoms with Crippen LogP contribution >= 0.6 is 27.5 Å². The van der Waals surface area contributed by atoms with Gasteiger partial charge in [0, 0.05) is 9.50 Å². The number of carboxylic acid groups (broad SMARTS) is 1. The van der Waals surface area contributed by atoms with E-state index in [1.54, 1.807) is 18.2 Å². The van der Waals surface area contributed by atoms with E-state index in [0.29, 0.717) is 27.9 Å². The van der Waals surface area contributed by atoms with Crippen molar-refractivity contribution < 1.29 is 14.7 Å². The summed E-state index contributed by atoms with van der Waals surface area (Å²) in [6.45, 7) is 1.86. The Kier molecular flexibility index (Phi) is 5.62. The minimum Gasteiger partial charge on any atom is -0.480 e. The molecule has 1 amide bonds. The first kappa shape index (κ1) is 15.0. The van der Waals surface area contributed by atoms with Crippen molar-refractivity contribution in [3.05, 3.63) is 33.3 Å². The van der Waals surface area contributed by atoms with Gasteiger partial charge < -0.3 is 10.4 Å². The lowest BCUT2D eigenvalue weighted by Gasteiger charge is -2.14. The summed E-state index contributed by atoms with van der Waals surface area (Å²) in [6.07, 6.45) is 1.07. The number of hydrogen-bond acceptors (Lipinski definition) is 2. The molecule has 0 heterocycles. The van der Waals surface area contributed by atoms with Crippen LogP contribution in [0.15, 0.2) is 22.7 Å². The smallest absolute Gasteiger partial charge is 0.326 e. The number of rotatable bonds is 5. The van der Waals surface area contributed by atoms with E-state index in [1.165, 1.54) is 0 Å². The zero-order valence-corrected chi connectivity index (χ0v) is 12.1. The zero-order valence-electron chi connectivity index (χ0n) is 9.74. The first-order chi connectivity index (χ1) is 8.45. The minimum atomic E-state index is -1.03. The van der Waals surface area contributed by atoms with Crippen LogP contribution in [0.3, 0.4) is 0 Å². The molecule has 1 aromatic carbocycles. The monoisotopic (exact) mass is 333 g/mol. The Morgan fingerprint density at radius 3 is 2.67 bits per heavy atom. The van der Waals surface area contributed by atoms with Crippen molar-refractivity contribution in [2.45, 2.75) is 25.8 Å². The lowest BCUT2D eigenvalue weighted by molar-refractivity contribution is -0.139. The van der Waals surface area contributed by atoms with Crippen LogP contribution in [0.25, 0.3) is 0 Å². The van der Waals surface area contributed by atoms with E-state index in [9.17, 15) is 9.59 Å². The van der Waals surface area contributed by atoms with Crippen molar-refractivity contribution in [3.63, 3.8) is 0 Å². The minimum absolute atomic E-state index is 0.363. The molecule has 4 nitrogen and oxygen atoms in total. The SMILES string of the molecule is CCC[C@H](NC(=O)c1ccc(Cl)cc1Br)C(=O)O. The van der Waals surface area contributed by atoms with Gasteiger partial charge in [-0.1, -0.05) is 24.9 Å². The summed E-state index contributed by atoms with van der Waals surface area (Å²) in [7, 11) is 0. The Hall–Kier alpha value is -1.07. The Bertz CT molecular complexity index is 465. The van der Waals surface area contributed by atoms with Gasteiger partial charge in [0.05, 0.1) is 5.56 Å². The largest absolute Gasteiger partial charge is 0.480 e. The molecule has 1 aromatic rings. The highest BCUT2D eigenvalue weighted by Gasteiger charge is 2.20. The summed E-state index contributed by atoms with van der Waals surface area (Å²) in [5.74, 6) is -1.46. The first-order valence-electron chi connectivity index (χ1n) is 5.44. The van der Waals surface area contributed by atoms with Gasteiger partial charge in [0.1, 0.15) is 6.04 Å². The number of amides is 1. The Balaban J connectivity index is 2.83. The quantitative estimate of drug-likeness (QED) is 0.869. The molecule has 18 heavy (non-hydrogen) atoms. The Morgan fingerprint density at radius 2 is 2.17 bits per heavy atom. The molecule has 6 heteroatoms. The van der Waals surface area contributed by atoms with E-state index in [4.69, 9.17) is 16.7 Å². The molecule has 0 aliphatic carbocycles. The van der Waals surface area contributed by atoms with Gasteiger partial charge in [-0.15, -0.1) is 0 Å².